The van der Waals surface area contributed by atoms with Crippen molar-refractivity contribution in [2.24, 2.45) is 0 Å². The van der Waals surface area contributed by atoms with Crippen molar-refractivity contribution < 1.29 is 0 Å². The van der Waals surface area contributed by atoms with Crippen LogP contribution < -0.4 is 10.6 Å². The third kappa shape index (κ3) is 6.88. The largest absolute Gasteiger partial charge is 0.389 e. The van der Waals surface area contributed by atoms with Crippen molar-refractivity contribution in [3.63, 3.8) is 0 Å². The Hall–Kier alpha value is -1.90. The predicted octanol–water partition coefficient (Wildman–Crippen LogP) is 3.74. The van der Waals surface area contributed by atoms with Crippen LogP contribution in [0.4, 0.5) is 5.69 Å². The summed E-state index contributed by atoms with van der Waals surface area (Å²) in [6, 6.07) is 8.39. The van der Waals surface area contributed by atoms with E-state index < -0.39 is 0 Å². The third-order valence-corrected chi connectivity index (χ3v) is 2.85. The molecule has 0 bridgehead atoms. The number of nitrogens with one attached hydrogen (secondary N) is 2. The molecule has 0 saturated heterocycles. The zero-order valence-electron chi connectivity index (χ0n) is 12.3. The Labute approximate surface area is 124 Å². The van der Waals surface area contributed by atoms with Crippen LogP contribution in [-0.4, -0.2) is 14.4 Å². The molecule has 2 N–H and O–H groups in total. The van der Waals surface area contributed by atoms with Gasteiger partial charge < -0.3 is 10.6 Å². The average Bonchev–Trinajstić information content (AvgIpc) is 2.37. The number of anilines is 1. The number of rotatable bonds is 9. The van der Waals surface area contributed by atoms with Gasteiger partial charge in [0.2, 0.25) is 0 Å². The number of allylic oxidation sites excluding steroid dienone is 2. The second kappa shape index (κ2) is 8.31. The highest BCUT2D eigenvalue weighted by molar-refractivity contribution is 6.21. The Balaban J connectivity index is 2.32. The van der Waals surface area contributed by atoms with E-state index in [1.807, 2.05) is 6.92 Å². The maximum atomic E-state index is 5.52. The molecule has 0 unspecified atom stereocenters. The number of aryl methyl sites for hydroxylation is 1. The molecule has 104 valence electrons. The molecule has 1 aromatic rings. The van der Waals surface area contributed by atoms with Crippen LogP contribution in [0.15, 0.2) is 60.9 Å². The van der Waals surface area contributed by atoms with Crippen molar-refractivity contribution in [1.82, 2.24) is 5.32 Å². The third-order valence-electron chi connectivity index (χ3n) is 2.85. The molecule has 0 amide bonds. The first-order valence-corrected chi connectivity index (χ1v) is 6.83. The lowest BCUT2D eigenvalue weighted by Gasteiger charge is -2.10. The molecule has 0 heterocycles. The topological polar surface area (TPSA) is 24.1 Å². The molecule has 0 spiro atoms. The summed E-state index contributed by atoms with van der Waals surface area (Å²) in [7, 11) is 5.52. The van der Waals surface area contributed by atoms with Crippen LogP contribution in [0, 0.1) is 0 Å². The predicted molar refractivity (Wildman–Crippen MR) is 89.9 cm³/mol. The van der Waals surface area contributed by atoms with Crippen LogP contribution in [0.5, 0.6) is 0 Å². The quantitative estimate of drug-likeness (QED) is 0.665. The van der Waals surface area contributed by atoms with Crippen LogP contribution in [0.2, 0.25) is 0 Å². The molecule has 0 atom stereocenters. The minimum atomic E-state index is 0.700. The summed E-state index contributed by atoms with van der Waals surface area (Å²) >= 11 is 0. The van der Waals surface area contributed by atoms with Gasteiger partial charge in [-0.3, -0.25) is 0 Å². The van der Waals surface area contributed by atoms with Crippen LogP contribution >= 0.6 is 0 Å². The molecule has 20 heavy (non-hydrogen) atoms. The minimum Gasteiger partial charge on any atom is -0.389 e. The van der Waals surface area contributed by atoms with E-state index in [0.717, 1.165) is 42.9 Å². The molecule has 2 nitrogen and oxygen atoms in total. The number of hydrogen-bond acceptors (Lipinski definition) is 2. The van der Waals surface area contributed by atoms with E-state index in [2.05, 4.69) is 54.6 Å². The Bertz CT molecular complexity index is 474. The van der Waals surface area contributed by atoms with E-state index >= 15 is 0 Å². The lowest BCUT2D eigenvalue weighted by molar-refractivity contribution is 0.745. The lowest BCUT2D eigenvalue weighted by atomic mass is 9.95. The second-order valence-corrected chi connectivity index (χ2v) is 5.04. The first-order valence-electron chi connectivity index (χ1n) is 6.83. The van der Waals surface area contributed by atoms with Gasteiger partial charge >= 0.3 is 0 Å². The van der Waals surface area contributed by atoms with Gasteiger partial charge in [0.05, 0.1) is 0 Å². The number of benzene rings is 1. The normalized spacial score (nSPS) is 9.85. The van der Waals surface area contributed by atoms with Gasteiger partial charge in [-0.25, -0.2) is 0 Å². The maximum absolute atomic E-state index is 5.52. The van der Waals surface area contributed by atoms with E-state index in [4.69, 9.17) is 7.85 Å². The first-order chi connectivity index (χ1) is 9.47. The van der Waals surface area contributed by atoms with Crippen LogP contribution in [0.25, 0.3) is 0 Å². The summed E-state index contributed by atoms with van der Waals surface area (Å²) in [4.78, 5) is 0. The molecule has 0 saturated carbocycles. The molecular formula is C17H23BN2. The van der Waals surface area contributed by atoms with E-state index in [1.54, 1.807) is 0 Å². The van der Waals surface area contributed by atoms with Gasteiger partial charge in [-0.15, -0.1) is 12.1 Å². The van der Waals surface area contributed by atoms with E-state index in [1.165, 1.54) is 5.56 Å². The summed E-state index contributed by atoms with van der Waals surface area (Å²) in [5.74, 6) is 0. The molecule has 0 aromatic heterocycles. The van der Waals surface area contributed by atoms with Gasteiger partial charge in [-0.2, -0.15) is 0 Å². The fourth-order valence-corrected chi connectivity index (χ4v) is 1.78. The molecular weight excluding hydrogens is 243 g/mol. The van der Waals surface area contributed by atoms with E-state index in [9.17, 15) is 0 Å². The fraction of sp³-hybridized carbons (Fsp3) is 0.294. The van der Waals surface area contributed by atoms with Gasteiger partial charge in [0.1, 0.15) is 7.85 Å². The van der Waals surface area contributed by atoms with Crippen LogP contribution in [-0.2, 0) is 6.42 Å². The molecule has 0 fully saturated rings. The molecule has 0 aliphatic rings. The monoisotopic (exact) mass is 266 g/mol. The van der Waals surface area contributed by atoms with Gasteiger partial charge in [-0.1, -0.05) is 25.3 Å². The summed E-state index contributed by atoms with van der Waals surface area (Å²) in [6.45, 7) is 14.3. The summed E-state index contributed by atoms with van der Waals surface area (Å²) in [6.07, 6.45) is 2.67. The summed E-state index contributed by atoms with van der Waals surface area (Å²) < 4.78 is 0. The molecule has 1 rings (SSSR count). The number of hydrogen-bond donors (Lipinski definition) is 2. The second-order valence-electron chi connectivity index (χ2n) is 5.04. The Morgan fingerprint density at radius 3 is 2.30 bits per heavy atom. The van der Waals surface area contributed by atoms with Crippen molar-refractivity contribution >= 4 is 13.5 Å². The first kappa shape index (κ1) is 16.2. The molecule has 3 heteroatoms. The molecule has 0 aliphatic heterocycles. The highest BCUT2D eigenvalue weighted by Crippen LogP contribution is 2.13. The highest BCUT2D eigenvalue weighted by atomic mass is 14.9. The van der Waals surface area contributed by atoms with Crippen molar-refractivity contribution in [2.75, 3.05) is 11.9 Å². The molecule has 1 aromatic carbocycles. The van der Waals surface area contributed by atoms with Crippen LogP contribution in [0.3, 0.4) is 0 Å². The van der Waals surface area contributed by atoms with Crippen molar-refractivity contribution in [3.05, 3.63) is 66.4 Å². The Morgan fingerprint density at radius 2 is 1.75 bits per heavy atom. The standard InChI is InChI=1S/C17H23BN2/c1-13(2)20-17-9-7-16(8-10-17)6-5-15(4)19-12-11-14(3)18/h7-10,19-20H,1,3-6,11-12H2,2H3. The van der Waals surface area contributed by atoms with Crippen LogP contribution in [0.1, 0.15) is 25.3 Å². The summed E-state index contributed by atoms with van der Waals surface area (Å²) in [5.41, 5.74) is 5.04. The van der Waals surface area contributed by atoms with E-state index in [-0.39, 0.29) is 0 Å². The maximum Gasteiger partial charge on any atom is 0.107 e. The van der Waals surface area contributed by atoms with Crippen molar-refractivity contribution in [1.29, 1.82) is 0 Å². The average molecular weight is 266 g/mol. The molecule has 2 radical (unpaired) electrons. The van der Waals surface area contributed by atoms with Crippen molar-refractivity contribution in [3.8, 4) is 0 Å². The Kier molecular flexibility index (Phi) is 6.71. The van der Waals surface area contributed by atoms with Gasteiger partial charge in [0.25, 0.3) is 0 Å². The fourth-order valence-electron chi connectivity index (χ4n) is 1.78. The highest BCUT2D eigenvalue weighted by Gasteiger charge is 1.98. The zero-order valence-corrected chi connectivity index (χ0v) is 12.3. The Morgan fingerprint density at radius 1 is 1.10 bits per heavy atom. The van der Waals surface area contributed by atoms with Gasteiger partial charge in [-0.05, 0) is 43.9 Å². The van der Waals surface area contributed by atoms with Gasteiger partial charge in [0, 0.05) is 23.6 Å². The molecule has 0 aliphatic carbocycles. The lowest BCUT2D eigenvalue weighted by Crippen LogP contribution is -2.15. The summed E-state index contributed by atoms with van der Waals surface area (Å²) in [5, 5.41) is 6.45. The smallest absolute Gasteiger partial charge is 0.107 e. The van der Waals surface area contributed by atoms with Crippen molar-refractivity contribution in [2.45, 2.75) is 26.2 Å². The van der Waals surface area contributed by atoms with Gasteiger partial charge in [0.15, 0.2) is 0 Å². The SMILES string of the molecule is [B]C(=C)CCNC(=C)CCc1ccc(NC(=C)C)cc1. The minimum absolute atomic E-state index is 0.700. The van der Waals surface area contributed by atoms with E-state index in [0.29, 0.717) is 5.47 Å². The zero-order chi connectivity index (χ0) is 15.0.